The van der Waals surface area contributed by atoms with Crippen molar-refractivity contribution in [1.29, 1.82) is 0 Å². The Kier molecular flexibility index (Phi) is 4.68. The molecule has 1 aromatic carbocycles. The zero-order valence-electron chi connectivity index (χ0n) is 16.1. The molecule has 0 amide bonds. The van der Waals surface area contributed by atoms with Gasteiger partial charge in [0.25, 0.3) is 5.22 Å². The van der Waals surface area contributed by atoms with E-state index in [1.165, 1.54) is 22.9 Å². The lowest BCUT2D eigenvalue weighted by Crippen LogP contribution is -2.06. The summed E-state index contributed by atoms with van der Waals surface area (Å²) in [5, 5.41) is 8.59. The van der Waals surface area contributed by atoms with Crippen molar-refractivity contribution in [2.24, 2.45) is 0 Å². The van der Waals surface area contributed by atoms with E-state index in [1.54, 1.807) is 0 Å². The smallest absolute Gasteiger partial charge is 0.277 e. The van der Waals surface area contributed by atoms with Gasteiger partial charge in [-0.2, -0.15) is 0 Å². The number of aryl methyl sites for hydroxylation is 3. The fourth-order valence-corrected chi connectivity index (χ4v) is 3.94. The van der Waals surface area contributed by atoms with Gasteiger partial charge in [-0.3, -0.25) is 4.79 Å². The molecule has 5 nitrogen and oxygen atoms in total. The third kappa shape index (κ3) is 3.58. The zero-order valence-corrected chi connectivity index (χ0v) is 16.9. The van der Waals surface area contributed by atoms with E-state index in [4.69, 9.17) is 4.42 Å². The van der Waals surface area contributed by atoms with Crippen LogP contribution in [0.15, 0.2) is 33.9 Å². The molecule has 2 heterocycles. The molecule has 4 rings (SSSR count). The maximum absolute atomic E-state index is 12.8. The number of nitrogens with zero attached hydrogens (tertiary/aromatic N) is 3. The van der Waals surface area contributed by atoms with Gasteiger partial charge in [0, 0.05) is 28.6 Å². The quantitative estimate of drug-likeness (QED) is 0.447. The van der Waals surface area contributed by atoms with Gasteiger partial charge in [0.05, 0.1) is 5.75 Å². The Morgan fingerprint density at radius 3 is 2.63 bits per heavy atom. The lowest BCUT2D eigenvalue weighted by atomic mass is 10.1. The lowest BCUT2D eigenvalue weighted by Gasteiger charge is -2.12. The van der Waals surface area contributed by atoms with Crippen LogP contribution in [0.4, 0.5) is 0 Å². The van der Waals surface area contributed by atoms with E-state index in [1.807, 2.05) is 19.9 Å². The molecule has 1 aliphatic rings. The molecule has 0 atom stereocenters. The Morgan fingerprint density at radius 1 is 1.15 bits per heavy atom. The number of carbonyl (C=O) groups excluding carboxylic acids is 1. The second-order valence-corrected chi connectivity index (χ2v) is 8.21. The van der Waals surface area contributed by atoms with Gasteiger partial charge < -0.3 is 8.98 Å². The minimum atomic E-state index is 0.0781. The number of aromatic nitrogens is 3. The molecule has 1 aliphatic carbocycles. The second-order valence-electron chi connectivity index (χ2n) is 7.28. The van der Waals surface area contributed by atoms with Gasteiger partial charge in [0.1, 0.15) is 0 Å². The molecule has 0 N–H and O–H groups in total. The van der Waals surface area contributed by atoms with E-state index in [-0.39, 0.29) is 5.78 Å². The number of hydrogen-bond donors (Lipinski definition) is 0. The Bertz CT molecular complexity index is 1010. The van der Waals surface area contributed by atoms with Crippen molar-refractivity contribution in [2.75, 3.05) is 5.75 Å². The number of thioether (sulfide) groups is 1. The minimum Gasteiger partial charge on any atom is -0.416 e. The van der Waals surface area contributed by atoms with E-state index in [9.17, 15) is 4.79 Å². The third-order valence-electron chi connectivity index (χ3n) is 5.16. The highest BCUT2D eigenvalue weighted by atomic mass is 32.2. The van der Waals surface area contributed by atoms with Crippen LogP contribution in [0.25, 0.3) is 5.69 Å². The number of rotatable bonds is 6. The Labute approximate surface area is 163 Å². The molecule has 0 spiro atoms. The first kappa shape index (κ1) is 18.0. The van der Waals surface area contributed by atoms with Gasteiger partial charge >= 0.3 is 0 Å². The number of Topliss-reactive ketones (excluding diaryl/α,β-unsaturated/α-hetero) is 1. The van der Waals surface area contributed by atoms with E-state index < -0.39 is 0 Å². The first-order valence-corrected chi connectivity index (χ1v) is 10.2. The fourth-order valence-electron chi connectivity index (χ4n) is 3.29. The van der Waals surface area contributed by atoms with Crippen molar-refractivity contribution in [3.8, 4) is 5.69 Å². The van der Waals surface area contributed by atoms with Crippen molar-refractivity contribution in [2.45, 2.75) is 51.7 Å². The first-order valence-electron chi connectivity index (χ1n) is 9.20. The number of hydrogen-bond acceptors (Lipinski definition) is 5. The van der Waals surface area contributed by atoms with Crippen LogP contribution in [0, 0.1) is 27.7 Å². The molecule has 0 aliphatic heterocycles. The summed E-state index contributed by atoms with van der Waals surface area (Å²) < 4.78 is 7.77. The first-order chi connectivity index (χ1) is 12.9. The van der Waals surface area contributed by atoms with Crippen LogP contribution < -0.4 is 0 Å². The molecule has 27 heavy (non-hydrogen) atoms. The topological polar surface area (TPSA) is 60.9 Å². The summed E-state index contributed by atoms with van der Waals surface area (Å²) in [4.78, 5) is 12.8. The molecule has 6 heteroatoms. The lowest BCUT2D eigenvalue weighted by molar-refractivity contribution is 0.102. The van der Waals surface area contributed by atoms with E-state index in [0.29, 0.717) is 22.8 Å². The van der Waals surface area contributed by atoms with Crippen molar-refractivity contribution in [3.05, 3.63) is 58.2 Å². The van der Waals surface area contributed by atoms with Gasteiger partial charge in [0.2, 0.25) is 5.89 Å². The van der Waals surface area contributed by atoms with Crippen LogP contribution in [0.1, 0.15) is 57.5 Å². The molecular formula is C21H23N3O2S. The highest BCUT2D eigenvalue weighted by molar-refractivity contribution is 7.99. The maximum atomic E-state index is 12.8. The summed E-state index contributed by atoms with van der Waals surface area (Å²) >= 11 is 1.31. The number of ketones is 1. The van der Waals surface area contributed by atoms with Crippen LogP contribution in [0.3, 0.4) is 0 Å². The molecule has 1 fully saturated rings. The standard InChI is InChI=1S/C21H23N3O2S/c1-12-5-8-17(9-13(12)2)24-14(3)10-18(15(24)4)19(25)11-27-21-23-22-20(26-21)16-6-7-16/h5,8-10,16H,6-7,11H2,1-4H3. The van der Waals surface area contributed by atoms with Crippen molar-refractivity contribution >= 4 is 17.5 Å². The summed E-state index contributed by atoms with van der Waals surface area (Å²) in [6, 6.07) is 8.35. The average molecular weight is 382 g/mol. The Morgan fingerprint density at radius 2 is 1.93 bits per heavy atom. The molecule has 0 radical (unpaired) electrons. The summed E-state index contributed by atoms with van der Waals surface area (Å²) in [6.45, 7) is 8.24. The van der Waals surface area contributed by atoms with Crippen LogP contribution in [-0.2, 0) is 0 Å². The third-order valence-corrected chi connectivity index (χ3v) is 5.97. The summed E-state index contributed by atoms with van der Waals surface area (Å²) in [7, 11) is 0. The van der Waals surface area contributed by atoms with E-state index in [2.05, 4.69) is 46.8 Å². The van der Waals surface area contributed by atoms with Gasteiger partial charge in [-0.1, -0.05) is 17.8 Å². The van der Waals surface area contributed by atoms with Crippen molar-refractivity contribution in [3.63, 3.8) is 0 Å². The summed E-state index contributed by atoms with van der Waals surface area (Å²) in [5.74, 6) is 1.51. The molecular weight excluding hydrogens is 358 g/mol. The predicted molar refractivity (Wildman–Crippen MR) is 106 cm³/mol. The average Bonchev–Trinajstić information content (AvgIpc) is 3.31. The molecule has 0 bridgehead atoms. The number of benzene rings is 1. The largest absolute Gasteiger partial charge is 0.416 e. The Balaban J connectivity index is 1.52. The highest BCUT2D eigenvalue weighted by Gasteiger charge is 2.29. The van der Waals surface area contributed by atoms with Gasteiger partial charge in [-0.15, -0.1) is 10.2 Å². The monoisotopic (exact) mass is 381 g/mol. The highest BCUT2D eigenvalue weighted by Crippen LogP contribution is 2.39. The zero-order chi connectivity index (χ0) is 19.1. The van der Waals surface area contributed by atoms with Crippen LogP contribution in [0.2, 0.25) is 0 Å². The SMILES string of the molecule is Cc1ccc(-n2c(C)cc(C(=O)CSc3nnc(C4CC4)o3)c2C)cc1C. The van der Waals surface area contributed by atoms with Gasteiger partial charge in [-0.25, -0.2) is 0 Å². The summed E-state index contributed by atoms with van der Waals surface area (Å²) in [5.41, 5.74) is 6.36. The normalized spacial score (nSPS) is 13.9. The van der Waals surface area contributed by atoms with Crippen LogP contribution >= 0.6 is 11.8 Å². The van der Waals surface area contributed by atoms with Crippen molar-refractivity contribution < 1.29 is 9.21 Å². The van der Waals surface area contributed by atoms with Crippen LogP contribution in [-0.4, -0.2) is 26.3 Å². The Hall–Kier alpha value is -2.34. The molecule has 3 aromatic rings. The summed E-state index contributed by atoms with van der Waals surface area (Å²) in [6.07, 6.45) is 2.24. The molecule has 0 saturated heterocycles. The second kappa shape index (κ2) is 7.00. The minimum absolute atomic E-state index is 0.0781. The fraction of sp³-hybridized carbons (Fsp3) is 0.381. The van der Waals surface area contributed by atoms with Gasteiger partial charge in [-0.05, 0) is 69.9 Å². The van der Waals surface area contributed by atoms with E-state index in [0.717, 1.165) is 35.5 Å². The number of carbonyl (C=O) groups is 1. The molecule has 2 aromatic heterocycles. The van der Waals surface area contributed by atoms with E-state index >= 15 is 0 Å². The molecule has 140 valence electrons. The predicted octanol–water partition coefficient (Wildman–Crippen LogP) is 4.95. The van der Waals surface area contributed by atoms with Crippen molar-refractivity contribution in [1.82, 2.24) is 14.8 Å². The maximum Gasteiger partial charge on any atom is 0.277 e. The van der Waals surface area contributed by atoms with Crippen LogP contribution in [0.5, 0.6) is 0 Å². The molecule has 1 saturated carbocycles. The van der Waals surface area contributed by atoms with Gasteiger partial charge in [0.15, 0.2) is 5.78 Å². The molecule has 0 unspecified atom stereocenters.